The molecule has 2 aliphatic heterocycles. The number of halogens is 2. The van der Waals surface area contributed by atoms with Crippen LogP contribution >= 0.6 is 0 Å². The minimum atomic E-state index is -0.859. The summed E-state index contributed by atoms with van der Waals surface area (Å²) < 4.78 is 32.2. The highest BCUT2D eigenvalue weighted by atomic mass is 19.2. The first kappa shape index (κ1) is 17.8. The Morgan fingerprint density at radius 1 is 0.920 bits per heavy atom. The van der Waals surface area contributed by atoms with Crippen molar-refractivity contribution in [2.45, 2.75) is 6.54 Å². The fourth-order valence-corrected chi connectivity index (χ4v) is 3.06. The molecule has 0 spiro atoms. The number of rotatable bonds is 2. The van der Waals surface area contributed by atoms with E-state index in [1.54, 1.807) is 6.07 Å². The van der Waals surface area contributed by atoms with Gasteiger partial charge in [-0.25, -0.2) is 8.78 Å². The first-order chi connectivity index (χ1) is 12.1. The summed E-state index contributed by atoms with van der Waals surface area (Å²) in [5.41, 5.74) is 0.296. The lowest BCUT2D eigenvalue weighted by atomic mass is 10.1. The van der Waals surface area contributed by atoms with Crippen molar-refractivity contribution in [3.8, 4) is 0 Å². The molecule has 2 saturated heterocycles. The summed E-state index contributed by atoms with van der Waals surface area (Å²) >= 11 is 0. The largest absolute Gasteiger partial charge is 0.378 e. The molecule has 1 aromatic carbocycles. The quantitative estimate of drug-likeness (QED) is 0.726. The summed E-state index contributed by atoms with van der Waals surface area (Å²) in [7, 11) is 0. The fourth-order valence-electron chi connectivity index (χ4n) is 3.06. The van der Waals surface area contributed by atoms with Crippen molar-refractivity contribution in [2.24, 2.45) is 0 Å². The van der Waals surface area contributed by atoms with E-state index in [-0.39, 0.29) is 6.54 Å². The van der Waals surface area contributed by atoms with Crippen molar-refractivity contribution in [1.29, 1.82) is 0 Å². The highest BCUT2D eigenvalue weighted by molar-refractivity contribution is 6.34. The molecule has 0 saturated carbocycles. The minimum absolute atomic E-state index is 0.281. The molecular formula is C17H21F2N3O3. The summed E-state index contributed by atoms with van der Waals surface area (Å²) in [6.07, 6.45) is 0. The van der Waals surface area contributed by atoms with E-state index in [2.05, 4.69) is 0 Å². The Labute approximate surface area is 144 Å². The number of piperazine rings is 1. The first-order valence-corrected chi connectivity index (χ1v) is 8.37. The lowest BCUT2D eigenvalue weighted by molar-refractivity contribution is -0.155. The number of benzene rings is 1. The van der Waals surface area contributed by atoms with Gasteiger partial charge in [0.15, 0.2) is 11.6 Å². The van der Waals surface area contributed by atoms with Crippen LogP contribution in [0.15, 0.2) is 18.2 Å². The smallest absolute Gasteiger partial charge is 0.312 e. The van der Waals surface area contributed by atoms with Gasteiger partial charge in [0.1, 0.15) is 0 Å². The molecule has 136 valence electrons. The van der Waals surface area contributed by atoms with E-state index in [1.165, 1.54) is 15.9 Å². The Hall–Kier alpha value is -2.06. The number of hydrogen-bond acceptors (Lipinski definition) is 4. The van der Waals surface area contributed by atoms with Crippen molar-refractivity contribution >= 4 is 11.8 Å². The molecule has 25 heavy (non-hydrogen) atoms. The van der Waals surface area contributed by atoms with Crippen LogP contribution in [0.25, 0.3) is 0 Å². The first-order valence-electron chi connectivity index (χ1n) is 8.37. The summed E-state index contributed by atoms with van der Waals surface area (Å²) in [5.74, 6) is -2.68. The second-order valence-electron chi connectivity index (χ2n) is 6.19. The van der Waals surface area contributed by atoms with Crippen LogP contribution in [0.5, 0.6) is 0 Å². The lowest BCUT2D eigenvalue weighted by Crippen LogP contribution is -2.54. The SMILES string of the molecule is O=C(C(=O)N1CCN(Cc2cccc(F)c2F)CC1)N1CCOCC1. The molecule has 0 bridgehead atoms. The molecule has 2 amide bonds. The standard InChI is InChI=1S/C17H21F2N3O3/c18-14-3-1-2-13(15(14)19)12-20-4-6-21(7-5-20)16(23)17(24)22-8-10-25-11-9-22/h1-3H,4-12H2. The third kappa shape index (κ3) is 4.13. The molecule has 1 aromatic rings. The Bertz CT molecular complexity index is 642. The van der Waals surface area contributed by atoms with Gasteiger partial charge in [0.2, 0.25) is 0 Å². The number of nitrogens with zero attached hydrogens (tertiary/aromatic N) is 3. The monoisotopic (exact) mass is 353 g/mol. The van der Waals surface area contributed by atoms with Crippen molar-refractivity contribution in [3.05, 3.63) is 35.4 Å². The maximum Gasteiger partial charge on any atom is 0.312 e. The van der Waals surface area contributed by atoms with Crippen LogP contribution < -0.4 is 0 Å². The molecule has 2 fully saturated rings. The minimum Gasteiger partial charge on any atom is -0.378 e. The summed E-state index contributed by atoms with van der Waals surface area (Å²) in [4.78, 5) is 29.5. The predicted molar refractivity (Wildman–Crippen MR) is 85.6 cm³/mol. The van der Waals surface area contributed by atoms with E-state index in [4.69, 9.17) is 4.74 Å². The normalized spacial score (nSPS) is 19.1. The number of amides is 2. The van der Waals surface area contributed by atoms with Gasteiger partial charge in [0, 0.05) is 51.4 Å². The molecule has 0 radical (unpaired) electrons. The van der Waals surface area contributed by atoms with Crippen LogP contribution in [0.4, 0.5) is 8.78 Å². The van der Waals surface area contributed by atoms with Gasteiger partial charge in [0.25, 0.3) is 0 Å². The van der Waals surface area contributed by atoms with Gasteiger partial charge in [-0.3, -0.25) is 14.5 Å². The number of morpholine rings is 1. The third-order valence-corrected chi connectivity index (χ3v) is 4.57. The third-order valence-electron chi connectivity index (χ3n) is 4.57. The van der Waals surface area contributed by atoms with E-state index in [9.17, 15) is 18.4 Å². The maximum atomic E-state index is 13.7. The van der Waals surface area contributed by atoms with Gasteiger partial charge in [-0.05, 0) is 6.07 Å². The number of carbonyl (C=O) groups excluding carboxylic acids is 2. The molecule has 0 atom stereocenters. The zero-order valence-electron chi connectivity index (χ0n) is 13.9. The molecule has 8 heteroatoms. The van der Waals surface area contributed by atoms with E-state index < -0.39 is 23.4 Å². The molecule has 0 aliphatic carbocycles. The van der Waals surface area contributed by atoms with Crippen LogP contribution in [0.1, 0.15) is 5.56 Å². The zero-order chi connectivity index (χ0) is 17.8. The summed E-state index contributed by atoms with van der Waals surface area (Å²) in [6.45, 7) is 3.86. The molecule has 0 N–H and O–H groups in total. The topological polar surface area (TPSA) is 53.1 Å². The zero-order valence-corrected chi connectivity index (χ0v) is 13.9. The van der Waals surface area contributed by atoms with Gasteiger partial charge in [-0.2, -0.15) is 0 Å². The van der Waals surface area contributed by atoms with Crippen LogP contribution in [0, 0.1) is 11.6 Å². The Morgan fingerprint density at radius 2 is 1.52 bits per heavy atom. The average Bonchev–Trinajstić information content (AvgIpc) is 2.65. The van der Waals surface area contributed by atoms with E-state index in [1.807, 2.05) is 4.90 Å². The molecule has 0 aromatic heterocycles. The molecule has 3 rings (SSSR count). The van der Waals surface area contributed by atoms with E-state index >= 15 is 0 Å². The van der Waals surface area contributed by atoms with Gasteiger partial charge >= 0.3 is 11.8 Å². The van der Waals surface area contributed by atoms with Crippen molar-refractivity contribution in [2.75, 3.05) is 52.5 Å². The highest BCUT2D eigenvalue weighted by Gasteiger charge is 2.30. The fraction of sp³-hybridized carbons (Fsp3) is 0.529. The summed E-state index contributed by atoms with van der Waals surface area (Å²) in [5, 5.41) is 0. The average molecular weight is 353 g/mol. The van der Waals surface area contributed by atoms with Crippen LogP contribution in [0.2, 0.25) is 0 Å². The van der Waals surface area contributed by atoms with Crippen molar-refractivity contribution in [3.63, 3.8) is 0 Å². The number of carbonyl (C=O) groups is 2. The molecule has 0 unspecified atom stereocenters. The van der Waals surface area contributed by atoms with E-state index in [0.717, 1.165) is 6.07 Å². The maximum absolute atomic E-state index is 13.7. The van der Waals surface area contributed by atoms with Gasteiger partial charge < -0.3 is 14.5 Å². The van der Waals surface area contributed by atoms with Gasteiger partial charge in [0.05, 0.1) is 13.2 Å². The van der Waals surface area contributed by atoms with Gasteiger partial charge in [-0.1, -0.05) is 12.1 Å². The molecule has 2 heterocycles. The van der Waals surface area contributed by atoms with Crippen molar-refractivity contribution in [1.82, 2.24) is 14.7 Å². The molecule has 6 nitrogen and oxygen atoms in total. The van der Waals surface area contributed by atoms with Crippen molar-refractivity contribution < 1.29 is 23.1 Å². The summed E-state index contributed by atoms with van der Waals surface area (Å²) in [6, 6.07) is 4.12. The van der Waals surface area contributed by atoms with Crippen LogP contribution in [0.3, 0.4) is 0 Å². The lowest BCUT2D eigenvalue weighted by Gasteiger charge is -2.35. The number of hydrogen-bond donors (Lipinski definition) is 0. The van der Waals surface area contributed by atoms with E-state index in [0.29, 0.717) is 58.0 Å². The Kier molecular flexibility index (Phi) is 5.60. The van der Waals surface area contributed by atoms with Crippen LogP contribution in [-0.2, 0) is 20.9 Å². The van der Waals surface area contributed by atoms with Gasteiger partial charge in [-0.15, -0.1) is 0 Å². The number of ether oxygens (including phenoxy) is 1. The molecule has 2 aliphatic rings. The molecular weight excluding hydrogens is 332 g/mol. The second kappa shape index (κ2) is 7.88. The van der Waals surface area contributed by atoms with Crippen LogP contribution in [-0.4, -0.2) is 79.0 Å². The highest BCUT2D eigenvalue weighted by Crippen LogP contribution is 2.15. The Morgan fingerprint density at radius 3 is 2.16 bits per heavy atom. The predicted octanol–water partition coefficient (Wildman–Crippen LogP) is 0.468. The Balaban J connectivity index is 1.52. The second-order valence-corrected chi connectivity index (χ2v) is 6.19.